The molecular formula is C10H20O5Si. The molecule has 2 unspecified atom stereocenters. The van der Waals surface area contributed by atoms with Crippen molar-refractivity contribution in [2.24, 2.45) is 0 Å². The van der Waals surface area contributed by atoms with Crippen LogP contribution in [0.25, 0.3) is 0 Å². The Hall–Kier alpha value is -0.433. The second-order valence-electron chi connectivity index (χ2n) is 4.07. The summed E-state index contributed by atoms with van der Waals surface area (Å²) < 4.78 is 21.0. The quantitative estimate of drug-likeness (QED) is 0.365. The molecule has 1 aliphatic rings. The number of carbonyl (C=O) groups excluding carboxylic acids is 1. The highest BCUT2D eigenvalue weighted by molar-refractivity contribution is 6.67. The monoisotopic (exact) mass is 248 g/mol. The van der Waals surface area contributed by atoms with E-state index in [0.29, 0.717) is 19.3 Å². The van der Waals surface area contributed by atoms with Gasteiger partial charge in [0, 0.05) is 26.7 Å². The van der Waals surface area contributed by atoms with Crippen LogP contribution in [0.1, 0.15) is 13.3 Å². The van der Waals surface area contributed by atoms with Crippen LogP contribution in [0, 0.1) is 0 Å². The van der Waals surface area contributed by atoms with Crippen molar-refractivity contribution in [1.82, 2.24) is 0 Å². The van der Waals surface area contributed by atoms with Crippen molar-refractivity contribution in [3.05, 3.63) is 0 Å². The molecule has 5 nitrogen and oxygen atoms in total. The lowest BCUT2D eigenvalue weighted by atomic mass is 10.5. The number of epoxide rings is 1. The van der Waals surface area contributed by atoms with Gasteiger partial charge in [0.15, 0.2) is 0 Å². The molecule has 0 radical (unpaired) electrons. The maximum Gasteiger partial charge on any atom is 0.398 e. The molecule has 1 rings (SSSR count). The summed E-state index contributed by atoms with van der Waals surface area (Å²) in [6, 6.07) is 0.759. The van der Waals surface area contributed by atoms with Crippen LogP contribution in [0.4, 0.5) is 0 Å². The van der Waals surface area contributed by atoms with E-state index >= 15 is 0 Å². The SMILES string of the molecule is CO[Si](C)(CCCOCC1CO1)OC(C)=O. The van der Waals surface area contributed by atoms with Gasteiger partial charge in [-0.1, -0.05) is 0 Å². The smallest absolute Gasteiger partial charge is 0.398 e. The Bertz CT molecular complexity index is 231. The summed E-state index contributed by atoms with van der Waals surface area (Å²) in [6.45, 7) is 5.44. The largest absolute Gasteiger partial charge is 0.494 e. The molecule has 94 valence electrons. The summed E-state index contributed by atoms with van der Waals surface area (Å²) in [7, 11) is -0.717. The van der Waals surface area contributed by atoms with E-state index in [1.54, 1.807) is 7.11 Å². The molecule has 1 aliphatic heterocycles. The maximum absolute atomic E-state index is 10.9. The summed E-state index contributed by atoms with van der Waals surface area (Å²) in [4.78, 5) is 10.9. The molecule has 1 fully saturated rings. The van der Waals surface area contributed by atoms with E-state index in [2.05, 4.69) is 0 Å². The van der Waals surface area contributed by atoms with E-state index in [-0.39, 0.29) is 5.97 Å². The van der Waals surface area contributed by atoms with Crippen LogP contribution in [0.5, 0.6) is 0 Å². The Morgan fingerprint density at radius 3 is 2.75 bits per heavy atom. The summed E-state index contributed by atoms with van der Waals surface area (Å²) in [5, 5.41) is 0. The topological polar surface area (TPSA) is 57.3 Å². The van der Waals surface area contributed by atoms with Crippen LogP contribution in [-0.4, -0.2) is 47.6 Å². The number of hydrogen-bond acceptors (Lipinski definition) is 5. The molecule has 0 amide bonds. The molecule has 0 aliphatic carbocycles. The Labute approximate surface area is 97.3 Å². The van der Waals surface area contributed by atoms with Crippen molar-refractivity contribution in [1.29, 1.82) is 0 Å². The normalized spacial score (nSPS) is 22.6. The Morgan fingerprint density at radius 1 is 1.56 bits per heavy atom. The summed E-state index contributed by atoms with van der Waals surface area (Å²) >= 11 is 0. The lowest BCUT2D eigenvalue weighted by Gasteiger charge is -2.23. The second kappa shape index (κ2) is 6.34. The zero-order valence-corrected chi connectivity index (χ0v) is 11.2. The van der Waals surface area contributed by atoms with E-state index in [4.69, 9.17) is 18.3 Å². The summed E-state index contributed by atoms with van der Waals surface area (Å²) in [5.41, 5.74) is 0. The van der Waals surface area contributed by atoms with Crippen LogP contribution in [-0.2, 0) is 23.1 Å². The first-order valence-corrected chi connectivity index (χ1v) is 8.02. The zero-order chi connectivity index (χ0) is 12.0. The third kappa shape index (κ3) is 5.60. The van der Waals surface area contributed by atoms with Gasteiger partial charge < -0.3 is 18.3 Å². The fourth-order valence-electron chi connectivity index (χ4n) is 1.37. The summed E-state index contributed by atoms with van der Waals surface area (Å²) in [6.07, 6.45) is 1.15. The summed E-state index contributed by atoms with van der Waals surface area (Å²) in [5.74, 6) is -0.275. The van der Waals surface area contributed by atoms with Crippen LogP contribution in [0.3, 0.4) is 0 Å². The maximum atomic E-state index is 10.9. The second-order valence-corrected chi connectivity index (χ2v) is 7.45. The molecule has 16 heavy (non-hydrogen) atoms. The van der Waals surface area contributed by atoms with Gasteiger partial charge in [0.05, 0.1) is 13.2 Å². The minimum atomic E-state index is -2.31. The lowest BCUT2D eigenvalue weighted by Crippen LogP contribution is -2.39. The van der Waals surface area contributed by atoms with Gasteiger partial charge in [-0.3, -0.25) is 4.79 Å². The van der Waals surface area contributed by atoms with Gasteiger partial charge >= 0.3 is 8.56 Å². The van der Waals surface area contributed by atoms with E-state index < -0.39 is 8.56 Å². The lowest BCUT2D eigenvalue weighted by molar-refractivity contribution is -0.134. The first-order valence-electron chi connectivity index (χ1n) is 5.50. The van der Waals surface area contributed by atoms with Gasteiger partial charge in [0.2, 0.25) is 0 Å². The van der Waals surface area contributed by atoms with Crippen molar-refractivity contribution >= 4 is 14.5 Å². The fourth-order valence-corrected chi connectivity index (χ4v) is 3.16. The minimum absolute atomic E-state index is 0.275. The first-order chi connectivity index (χ1) is 7.56. The van der Waals surface area contributed by atoms with Gasteiger partial charge in [0.25, 0.3) is 5.97 Å². The van der Waals surface area contributed by atoms with Crippen LogP contribution < -0.4 is 0 Å². The third-order valence-electron chi connectivity index (χ3n) is 2.42. The molecule has 6 heteroatoms. The first kappa shape index (κ1) is 13.6. The molecule has 0 aromatic heterocycles. The molecule has 1 saturated heterocycles. The highest BCUT2D eigenvalue weighted by Gasteiger charge is 2.32. The van der Waals surface area contributed by atoms with E-state index in [1.165, 1.54) is 6.92 Å². The van der Waals surface area contributed by atoms with Crippen molar-refractivity contribution in [3.8, 4) is 0 Å². The van der Waals surface area contributed by atoms with Gasteiger partial charge in [0.1, 0.15) is 6.10 Å². The predicted molar refractivity (Wildman–Crippen MR) is 60.4 cm³/mol. The van der Waals surface area contributed by atoms with Gasteiger partial charge in [-0.05, 0) is 13.0 Å². The van der Waals surface area contributed by atoms with Crippen LogP contribution >= 0.6 is 0 Å². The zero-order valence-electron chi connectivity index (χ0n) is 10.2. The van der Waals surface area contributed by atoms with Crippen LogP contribution in [0.2, 0.25) is 12.6 Å². The highest BCUT2D eigenvalue weighted by atomic mass is 28.4. The molecule has 0 saturated carbocycles. The standard InChI is InChI=1S/C10H20O5Si/c1-9(11)15-16(3,12-2)6-4-5-13-7-10-8-14-10/h10H,4-8H2,1-3H3. The molecule has 0 spiro atoms. The predicted octanol–water partition coefficient (Wildman–Crippen LogP) is 1.07. The minimum Gasteiger partial charge on any atom is -0.494 e. The number of rotatable bonds is 8. The van der Waals surface area contributed by atoms with Crippen molar-refractivity contribution in [2.75, 3.05) is 26.9 Å². The molecule has 0 aromatic carbocycles. The van der Waals surface area contributed by atoms with Gasteiger partial charge in [-0.2, -0.15) is 0 Å². The van der Waals surface area contributed by atoms with E-state index in [0.717, 1.165) is 19.1 Å². The molecular weight excluding hydrogens is 228 g/mol. The average molecular weight is 248 g/mol. The Morgan fingerprint density at radius 2 is 2.25 bits per heavy atom. The molecule has 1 heterocycles. The third-order valence-corrected chi connectivity index (χ3v) is 5.26. The van der Waals surface area contributed by atoms with Crippen LogP contribution in [0.15, 0.2) is 0 Å². The highest BCUT2D eigenvalue weighted by Crippen LogP contribution is 2.15. The number of hydrogen-bond donors (Lipinski definition) is 0. The average Bonchev–Trinajstić information content (AvgIpc) is 3.00. The molecule has 0 bridgehead atoms. The number of ether oxygens (including phenoxy) is 2. The van der Waals surface area contributed by atoms with Gasteiger partial charge in [-0.15, -0.1) is 0 Å². The fraction of sp³-hybridized carbons (Fsp3) is 0.900. The molecule has 0 aromatic rings. The van der Waals surface area contributed by atoms with E-state index in [9.17, 15) is 4.79 Å². The van der Waals surface area contributed by atoms with Gasteiger partial charge in [-0.25, -0.2) is 0 Å². The number of carbonyl (C=O) groups is 1. The molecule has 0 N–H and O–H groups in total. The van der Waals surface area contributed by atoms with Crippen molar-refractivity contribution < 1.29 is 23.1 Å². The van der Waals surface area contributed by atoms with Crippen molar-refractivity contribution in [2.45, 2.75) is 32.0 Å². The molecule has 2 atom stereocenters. The van der Waals surface area contributed by atoms with E-state index in [1.807, 2.05) is 6.55 Å². The Balaban J connectivity index is 2.08. The Kier molecular flexibility index (Phi) is 5.40. The van der Waals surface area contributed by atoms with Crippen molar-refractivity contribution in [3.63, 3.8) is 0 Å².